The number of anilines is 1. The van der Waals surface area contributed by atoms with Gasteiger partial charge in [0, 0.05) is 42.2 Å². The van der Waals surface area contributed by atoms with Crippen LogP contribution in [0.4, 0.5) is 5.82 Å². The number of nitrogens with zero attached hydrogens (tertiary/aromatic N) is 3. The van der Waals surface area contributed by atoms with Crippen molar-refractivity contribution in [2.24, 2.45) is 0 Å². The van der Waals surface area contributed by atoms with Crippen molar-refractivity contribution in [3.63, 3.8) is 0 Å². The van der Waals surface area contributed by atoms with Gasteiger partial charge in [-0.05, 0) is 31.9 Å². The van der Waals surface area contributed by atoms with Crippen LogP contribution in [0.15, 0.2) is 24.4 Å². The molecule has 1 N–H and O–H groups in total. The van der Waals surface area contributed by atoms with Crippen LogP contribution in [0.2, 0.25) is 0 Å². The summed E-state index contributed by atoms with van der Waals surface area (Å²) in [5.74, 6) is 2.26. The number of hydrogen-bond donors (Lipinski definition) is 1. The van der Waals surface area contributed by atoms with Gasteiger partial charge in [0.05, 0.1) is 0 Å². The van der Waals surface area contributed by atoms with Crippen LogP contribution in [0.5, 0.6) is 0 Å². The average molecular weight is 240 g/mol. The summed E-state index contributed by atoms with van der Waals surface area (Å²) in [6, 6.07) is 6.05. The van der Waals surface area contributed by atoms with Crippen LogP contribution in [0.25, 0.3) is 11.4 Å². The molecule has 2 aromatic rings. The summed E-state index contributed by atoms with van der Waals surface area (Å²) in [4.78, 5) is 13.5. The van der Waals surface area contributed by atoms with Crippen LogP contribution in [0.1, 0.15) is 30.1 Å². The number of nitrogens with one attached hydrogen (secondary N) is 1. The molecule has 2 heterocycles. The van der Waals surface area contributed by atoms with Crippen molar-refractivity contribution < 1.29 is 0 Å². The van der Waals surface area contributed by atoms with E-state index >= 15 is 0 Å². The fourth-order valence-electron chi connectivity index (χ4n) is 1.91. The molecule has 0 atom stereocenters. The molecule has 4 heteroatoms. The van der Waals surface area contributed by atoms with Crippen molar-refractivity contribution in [1.82, 2.24) is 15.0 Å². The molecule has 92 valence electrons. The third-order valence-corrected chi connectivity index (χ3v) is 3.17. The number of aryl methyl sites for hydroxylation is 1. The molecule has 1 saturated carbocycles. The summed E-state index contributed by atoms with van der Waals surface area (Å²) < 4.78 is 0. The van der Waals surface area contributed by atoms with Crippen molar-refractivity contribution in [1.29, 1.82) is 0 Å². The highest BCUT2D eigenvalue weighted by atomic mass is 15.0. The molecule has 0 spiro atoms. The molecule has 0 unspecified atom stereocenters. The van der Waals surface area contributed by atoms with E-state index in [0.717, 1.165) is 28.6 Å². The molecule has 18 heavy (non-hydrogen) atoms. The van der Waals surface area contributed by atoms with Crippen molar-refractivity contribution in [2.45, 2.75) is 25.7 Å². The molecule has 0 aromatic carbocycles. The summed E-state index contributed by atoms with van der Waals surface area (Å²) in [6.45, 7) is 1.98. The maximum Gasteiger partial charge on any atom is 0.163 e. The van der Waals surface area contributed by atoms with Gasteiger partial charge in [-0.1, -0.05) is 0 Å². The summed E-state index contributed by atoms with van der Waals surface area (Å²) in [5, 5.41) is 3.10. The van der Waals surface area contributed by atoms with E-state index in [1.54, 1.807) is 0 Å². The predicted octanol–water partition coefficient (Wildman–Crippen LogP) is 2.77. The molecular weight excluding hydrogens is 224 g/mol. The quantitative estimate of drug-likeness (QED) is 0.896. The Labute approximate surface area is 107 Å². The van der Waals surface area contributed by atoms with Gasteiger partial charge in [0.25, 0.3) is 0 Å². The second-order valence-electron chi connectivity index (χ2n) is 4.71. The number of aromatic nitrogens is 3. The lowest BCUT2D eigenvalue weighted by Gasteiger charge is -2.07. The Morgan fingerprint density at radius 3 is 2.67 bits per heavy atom. The third kappa shape index (κ3) is 2.18. The Balaban J connectivity index is 2.04. The minimum atomic E-state index is 0.622. The van der Waals surface area contributed by atoms with Crippen molar-refractivity contribution in [3.8, 4) is 11.4 Å². The van der Waals surface area contributed by atoms with Gasteiger partial charge in [0.15, 0.2) is 5.82 Å². The average Bonchev–Trinajstić information content (AvgIpc) is 3.23. The van der Waals surface area contributed by atoms with Crippen LogP contribution in [0, 0.1) is 6.92 Å². The maximum absolute atomic E-state index is 4.65. The van der Waals surface area contributed by atoms with E-state index in [9.17, 15) is 0 Å². The largest absolute Gasteiger partial charge is 0.373 e. The monoisotopic (exact) mass is 240 g/mol. The topological polar surface area (TPSA) is 50.7 Å². The Morgan fingerprint density at radius 2 is 2.06 bits per heavy atom. The Kier molecular flexibility index (Phi) is 2.70. The zero-order valence-corrected chi connectivity index (χ0v) is 10.6. The van der Waals surface area contributed by atoms with E-state index in [-0.39, 0.29) is 0 Å². The number of rotatable bonds is 3. The predicted molar refractivity (Wildman–Crippen MR) is 71.5 cm³/mol. The fraction of sp³-hybridized carbons (Fsp3) is 0.357. The molecule has 1 fully saturated rings. The fourth-order valence-corrected chi connectivity index (χ4v) is 1.91. The Morgan fingerprint density at radius 1 is 1.22 bits per heavy atom. The van der Waals surface area contributed by atoms with E-state index in [1.165, 1.54) is 12.8 Å². The van der Waals surface area contributed by atoms with Crippen LogP contribution < -0.4 is 5.32 Å². The van der Waals surface area contributed by atoms with E-state index < -0.39 is 0 Å². The first kappa shape index (κ1) is 11.1. The molecule has 2 aromatic heterocycles. The molecule has 0 amide bonds. The standard InChI is InChI=1S/C14H16N4/c1-9-3-4-11(8-16-9)14-17-12(10-5-6-10)7-13(15-2)18-14/h3-4,7-8,10H,5-6H2,1-2H3,(H,15,17,18). The van der Waals surface area contributed by atoms with Crippen molar-refractivity contribution in [3.05, 3.63) is 35.8 Å². The molecule has 0 aliphatic heterocycles. The summed E-state index contributed by atoms with van der Waals surface area (Å²) in [6.07, 6.45) is 4.32. The van der Waals surface area contributed by atoms with Gasteiger partial charge in [-0.2, -0.15) is 0 Å². The molecular formula is C14H16N4. The van der Waals surface area contributed by atoms with Crippen LogP contribution in [0.3, 0.4) is 0 Å². The first-order chi connectivity index (χ1) is 8.76. The van der Waals surface area contributed by atoms with Gasteiger partial charge in [0.1, 0.15) is 5.82 Å². The van der Waals surface area contributed by atoms with E-state index in [1.807, 2.05) is 38.4 Å². The molecule has 3 rings (SSSR count). The SMILES string of the molecule is CNc1cc(C2CC2)nc(-c2ccc(C)nc2)n1. The first-order valence-corrected chi connectivity index (χ1v) is 6.26. The second kappa shape index (κ2) is 4.37. The molecule has 1 aliphatic carbocycles. The van der Waals surface area contributed by atoms with Crippen LogP contribution in [-0.4, -0.2) is 22.0 Å². The Bertz CT molecular complexity index is 559. The van der Waals surface area contributed by atoms with Crippen molar-refractivity contribution >= 4 is 5.82 Å². The highest BCUT2D eigenvalue weighted by Crippen LogP contribution is 2.40. The van der Waals surface area contributed by atoms with E-state index in [0.29, 0.717) is 5.92 Å². The Hall–Kier alpha value is -1.97. The third-order valence-electron chi connectivity index (χ3n) is 3.17. The molecule has 0 bridgehead atoms. The lowest BCUT2D eigenvalue weighted by Crippen LogP contribution is -2.00. The van der Waals surface area contributed by atoms with Gasteiger partial charge < -0.3 is 5.32 Å². The molecule has 1 aliphatic rings. The highest BCUT2D eigenvalue weighted by Gasteiger charge is 2.26. The number of hydrogen-bond acceptors (Lipinski definition) is 4. The number of pyridine rings is 1. The van der Waals surface area contributed by atoms with Crippen LogP contribution >= 0.6 is 0 Å². The molecule has 4 nitrogen and oxygen atoms in total. The minimum Gasteiger partial charge on any atom is -0.373 e. The lowest BCUT2D eigenvalue weighted by atomic mass is 10.2. The smallest absolute Gasteiger partial charge is 0.163 e. The lowest BCUT2D eigenvalue weighted by molar-refractivity contribution is 0.992. The summed E-state index contributed by atoms with van der Waals surface area (Å²) >= 11 is 0. The first-order valence-electron chi connectivity index (χ1n) is 6.26. The van der Waals surface area contributed by atoms with Crippen LogP contribution in [-0.2, 0) is 0 Å². The summed E-state index contributed by atoms with van der Waals surface area (Å²) in [5.41, 5.74) is 3.12. The van der Waals surface area contributed by atoms with Crippen molar-refractivity contribution in [2.75, 3.05) is 12.4 Å². The van der Waals surface area contributed by atoms with E-state index in [2.05, 4.69) is 20.3 Å². The van der Waals surface area contributed by atoms with Gasteiger partial charge >= 0.3 is 0 Å². The highest BCUT2D eigenvalue weighted by molar-refractivity contribution is 5.57. The zero-order valence-electron chi connectivity index (χ0n) is 10.6. The van der Waals surface area contributed by atoms with Gasteiger partial charge in [-0.15, -0.1) is 0 Å². The molecule has 0 saturated heterocycles. The minimum absolute atomic E-state index is 0.622. The van der Waals surface area contributed by atoms with E-state index in [4.69, 9.17) is 0 Å². The second-order valence-corrected chi connectivity index (χ2v) is 4.71. The maximum atomic E-state index is 4.65. The normalized spacial score (nSPS) is 14.6. The van der Waals surface area contributed by atoms with Gasteiger partial charge in [0.2, 0.25) is 0 Å². The van der Waals surface area contributed by atoms with Gasteiger partial charge in [-0.25, -0.2) is 9.97 Å². The van der Waals surface area contributed by atoms with Gasteiger partial charge in [-0.3, -0.25) is 4.98 Å². The molecule has 0 radical (unpaired) electrons. The zero-order chi connectivity index (χ0) is 12.5. The summed E-state index contributed by atoms with van der Waals surface area (Å²) in [7, 11) is 1.89.